The molecule has 4 N–H and O–H groups in total. The number of nitrogens with one attached hydrogen (secondary N) is 2. The number of anilines is 1. The first kappa shape index (κ1) is 15.4. The largest absolute Gasteiger partial charge is 0.349 e. The van der Waals surface area contributed by atoms with Crippen molar-refractivity contribution < 1.29 is 4.79 Å². The summed E-state index contributed by atoms with van der Waals surface area (Å²) >= 11 is 0. The molecule has 1 aromatic heterocycles. The van der Waals surface area contributed by atoms with Gasteiger partial charge in [0.15, 0.2) is 0 Å². The predicted octanol–water partition coefficient (Wildman–Crippen LogP) is 0.829. The Balaban J connectivity index is 2.42. The molecular weight excluding hydrogens is 242 g/mol. The predicted molar refractivity (Wildman–Crippen MR) is 76.8 cm³/mol. The fraction of sp³-hybridized carbons (Fsp3) is 0.538. The third kappa shape index (κ3) is 5.23. The number of rotatable bonds is 8. The van der Waals surface area contributed by atoms with E-state index < -0.39 is 0 Å². The number of pyridine rings is 1. The zero-order chi connectivity index (χ0) is 14.1. The lowest BCUT2D eigenvalue weighted by atomic mass is 10.3. The molecule has 1 amide bonds. The molecule has 0 spiro atoms. The van der Waals surface area contributed by atoms with Crippen LogP contribution in [-0.2, 0) is 0 Å². The van der Waals surface area contributed by atoms with E-state index in [0.29, 0.717) is 18.1 Å². The van der Waals surface area contributed by atoms with Crippen LogP contribution in [0, 0.1) is 0 Å². The molecule has 0 aliphatic carbocycles. The van der Waals surface area contributed by atoms with Gasteiger partial charge in [-0.25, -0.2) is 10.8 Å². The summed E-state index contributed by atoms with van der Waals surface area (Å²) in [6, 6.07) is 5.11. The fourth-order valence-corrected chi connectivity index (χ4v) is 1.80. The van der Waals surface area contributed by atoms with Crippen molar-refractivity contribution in [2.75, 3.05) is 31.6 Å². The number of hydrogen-bond acceptors (Lipinski definition) is 5. The normalized spacial score (nSPS) is 10.5. The minimum atomic E-state index is -0.176. The van der Waals surface area contributed by atoms with E-state index in [1.807, 2.05) is 0 Å². The highest BCUT2D eigenvalue weighted by atomic mass is 16.1. The lowest BCUT2D eigenvalue weighted by Gasteiger charge is -2.19. The molecule has 0 unspecified atom stereocenters. The summed E-state index contributed by atoms with van der Waals surface area (Å²) in [5.74, 6) is 5.56. The van der Waals surface area contributed by atoms with Crippen LogP contribution in [0.5, 0.6) is 0 Å². The minimum absolute atomic E-state index is 0.176. The second-order valence-electron chi connectivity index (χ2n) is 4.24. The second-order valence-corrected chi connectivity index (χ2v) is 4.24. The van der Waals surface area contributed by atoms with E-state index in [1.165, 1.54) is 0 Å². The molecule has 1 heterocycles. The fourth-order valence-electron chi connectivity index (χ4n) is 1.80. The van der Waals surface area contributed by atoms with Gasteiger partial charge in [-0.2, -0.15) is 0 Å². The van der Waals surface area contributed by atoms with Crippen molar-refractivity contribution in [2.24, 2.45) is 5.84 Å². The average molecular weight is 265 g/mol. The molecule has 0 radical (unpaired) electrons. The van der Waals surface area contributed by atoms with E-state index in [-0.39, 0.29) is 5.91 Å². The van der Waals surface area contributed by atoms with Gasteiger partial charge in [0, 0.05) is 13.1 Å². The summed E-state index contributed by atoms with van der Waals surface area (Å²) in [6.07, 6.45) is 1.12. The maximum Gasteiger partial charge on any atom is 0.270 e. The monoisotopic (exact) mass is 265 g/mol. The Morgan fingerprint density at radius 2 is 2.16 bits per heavy atom. The number of nitrogens with two attached hydrogens (primary N) is 1. The van der Waals surface area contributed by atoms with Crippen LogP contribution in [-0.4, -0.2) is 42.0 Å². The number of amides is 1. The maximum atomic E-state index is 11.9. The van der Waals surface area contributed by atoms with Crippen LogP contribution in [0.2, 0.25) is 0 Å². The number of nitrogens with zero attached hydrogens (tertiary/aromatic N) is 2. The molecule has 1 aromatic rings. The molecule has 0 fully saturated rings. The van der Waals surface area contributed by atoms with Crippen LogP contribution in [0.15, 0.2) is 18.2 Å². The van der Waals surface area contributed by atoms with Gasteiger partial charge in [-0.1, -0.05) is 19.9 Å². The first-order valence-corrected chi connectivity index (χ1v) is 6.65. The zero-order valence-electron chi connectivity index (χ0n) is 11.6. The topological polar surface area (TPSA) is 83.3 Å². The Kier molecular flexibility index (Phi) is 6.84. The standard InChI is InChI=1S/C13H23N5O/c1-3-9-18(4-2)10-8-15-13(19)11-6-5-7-12(16-11)17-14/h5-7H,3-4,8-10,14H2,1-2H3,(H,15,19)(H,16,17). The highest BCUT2D eigenvalue weighted by Gasteiger charge is 2.08. The Hall–Kier alpha value is -1.66. The van der Waals surface area contributed by atoms with Gasteiger partial charge < -0.3 is 15.6 Å². The van der Waals surface area contributed by atoms with Gasteiger partial charge in [0.1, 0.15) is 11.5 Å². The van der Waals surface area contributed by atoms with Gasteiger partial charge in [0.2, 0.25) is 0 Å². The highest BCUT2D eigenvalue weighted by molar-refractivity contribution is 5.92. The van der Waals surface area contributed by atoms with Gasteiger partial charge in [-0.3, -0.25) is 4.79 Å². The molecule has 19 heavy (non-hydrogen) atoms. The van der Waals surface area contributed by atoms with Crippen molar-refractivity contribution in [3.63, 3.8) is 0 Å². The van der Waals surface area contributed by atoms with Crippen molar-refractivity contribution in [1.29, 1.82) is 0 Å². The smallest absolute Gasteiger partial charge is 0.270 e. The number of likely N-dealkylation sites (N-methyl/N-ethyl adjacent to an activating group) is 1. The number of hydrazine groups is 1. The van der Waals surface area contributed by atoms with E-state index in [2.05, 4.69) is 34.5 Å². The summed E-state index contributed by atoms with van der Waals surface area (Å²) in [5, 5.41) is 2.86. The summed E-state index contributed by atoms with van der Waals surface area (Å²) in [4.78, 5) is 18.3. The lowest BCUT2D eigenvalue weighted by molar-refractivity contribution is 0.0944. The van der Waals surface area contributed by atoms with E-state index >= 15 is 0 Å². The number of hydrogen-bond donors (Lipinski definition) is 3. The number of carbonyl (C=O) groups excluding carboxylic acids is 1. The van der Waals surface area contributed by atoms with Crippen LogP contribution >= 0.6 is 0 Å². The summed E-state index contributed by atoms with van der Waals surface area (Å²) < 4.78 is 0. The zero-order valence-corrected chi connectivity index (χ0v) is 11.6. The molecular formula is C13H23N5O. The van der Waals surface area contributed by atoms with Crippen LogP contribution in [0.4, 0.5) is 5.82 Å². The third-order valence-corrected chi connectivity index (χ3v) is 2.83. The van der Waals surface area contributed by atoms with E-state index in [1.54, 1.807) is 18.2 Å². The van der Waals surface area contributed by atoms with Crippen LogP contribution in [0.1, 0.15) is 30.8 Å². The Labute approximate surface area is 114 Å². The van der Waals surface area contributed by atoms with E-state index in [0.717, 1.165) is 26.1 Å². The van der Waals surface area contributed by atoms with Crippen molar-refractivity contribution in [2.45, 2.75) is 20.3 Å². The molecule has 0 aliphatic rings. The molecule has 106 valence electrons. The van der Waals surface area contributed by atoms with Gasteiger partial charge in [-0.15, -0.1) is 0 Å². The Morgan fingerprint density at radius 1 is 1.37 bits per heavy atom. The Morgan fingerprint density at radius 3 is 2.79 bits per heavy atom. The molecule has 1 rings (SSSR count). The van der Waals surface area contributed by atoms with Crippen LogP contribution in [0.25, 0.3) is 0 Å². The SMILES string of the molecule is CCCN(CC)CCNC(=O)c1cccc(NN)n1. The van der Waals surface area contributed by atoms with Gasteiger partial charge >= 0.3 is 0 Å². The number of carbonyl (C=O) groups is 1. The van der Waals surface area contributed by atoms with Crippen LogP contribution < -0.4 is 16.6 Å². The Bertz CT molecular complexity index is 396. The second kappa shape index (κ2) is 8.44. The molecule has 6 nitrogen and oxygen atoms in total. The first-order valence-electron chi connectivity index (χ1n) is 6.65. The highest BCUT2D eigenvalue weighted by Crippen LogP contribution is 2.02. The quantitative estimate of drug-likeness (QED) is 0.479. The van der Waals surface area contributed by atoms with Gasteiger partial charge in [-0.05, 0) is 31.6 Å². The van der Waals surface area contributed by atoms with Crippen LogP contribution in [0.3, 0.4) is 0 Å². The molecule has 0 aromatic carbocycles. The molecule has 0 bridgehead atoms. The minimum Gasteiger partial charge on any atom is -0.349 e. The first-order chi connectivity index (χ1) is 9.21. The van der Waals surface area contributed by atoms with E-state index in [9.17, 15) is 4.79 Å². The average Bonchev–Trinajstić information content (AvgIpc) is 2.46. The number of aromatic nitrogens is 1. The number of nitrogen functional groups attached to an aromatic ring is 1. The third-order valence-electron chi connectivity index (χ3n) is 2.83. The molecule has 0 saturated carbocycles. The van der Waals surface area contributed by atoms with Gasteiger partial charge in [0.05, 0.1) is 0 Å². The van der Waals surface area contributed by atoms with Crippen molar-refractivity contribution in [3.8, 4) is 0 Å². The summed E-state index contributed by atoms with van der Waals surface area (Å²) in [5.41, 5.74) is 2.79. The molecule has 0 saturated heterocycles. The van der Waals surface area contributed by atoms with Crippen molar-refractivity contribution in [3.05, 3.63) is 23.9 Å². The molecule has 6 heteroatoms. The molecule has 0 aliphatic heterocycles. The van der Waals surface area contributed by atoms with E-state index in [4.69, 9.17) is 5.84 Å². The molecule has 0 atom stereocenters. The lowest BCUT2D eigenvalue weighted by Crippen LogP contribution is -2.35. The maximum absolute atomic E-state index is 11.9. The summed E-state index contributed by atoms with van der Waals surface area (Å²) in [6.45, 7) is 7.79. The van der Waals surface area contributed by atoms with Gasteiger partial charge in [0.25, 0.3) is 5.91 Å². The van der Waals surface area contributed by atoms with Crippen molar-refractivity contribution >= 4 is 11.7 Å². The summed E-state index contributed by atoms with van der Waals surface area (Å²) in [7, 11) is 0. The van der Waals surface area contributed by atoms with Crippen molar-refractivity contribution in [1.82, 2.24) is 15.2 Å².